The van der Waals surface area contributed by atoms with Crippen LogP contribution in [-0.2, 0) is 10.5 Å². The summed E-state index contributed by atoms with van der Waals surface area (Å²) in [6.45, 7) is 6.15. The first-order valence-electron chi connectivity index (χ1n) is 9.84. The Labute approximate surface area is 185 Å². The van der Waals surface area contributed by atoms with E-state index in [4.69, 9.17) is 9.73 Å². The molecule has 1 unspecified atom stereocenters. The number of rotatable bonds is 8. The summed E-state index contributed by atoms with van der Waals surface area (Å²) < 4.78 is 6.57. The van der Waals surface area contributed by atoms with Gasteiger partial charge in [0, 0.05) is 51.8 Å². The smallest absolute Gasteiger partial charge is 0.134 e. The van der Waals surface area contributed by atoms with Crippen LogP contribution in [0.3, 0.4) is 0 Å². The predicted molar refractivity (Wildman–Crippen MR) is 124 cm³/mol. The van der Waals surface area contributed by atoms with Gasteiger partial charge in [0.2, 0.25) is 0 Å². The first-order valence-corrected chi connectivity index (χ1v) is 11.6. The van der Waals surface area contributed by atoms with Gasteiger partial charge >= 0.3 is 0 Å². The number of ether oxygens (including phenoxy) is 1. The summed E-state index contributed by atoms with van der Waals surface area (Å²) in [6, 6.07) is 14.5. The Kier molecular flexibility index (Phi) is 7.78. The maximum Gasteiger partial charge on any atom is 0.134 e. The molecular formula is C23H27BrN2O2S. The van der Waals surface area contributed by atoms with Crippen LogP contribution in [0.15, 0.2) is 56.8 Å². The number of ketones is 1. The van der Waals surface area contributed by atoms with Crippen LogP contribution < -0.4 is 4.74 Å². The number of carbonyl (C=O) groups is 1. The number of halogens is 1. The van der Waals surface area contributed by atoms with E-state index in [1.807, 2.05) is 19.1 Å². The molecule has 0 spiro atoms. The van der Waals surface area contributed by atoms with Gasteiger partial charge in [0.1, 0.15) is 17.4 Å². The summed E-state index contributed by atoms with van der Waals surface area (Å²) in [6.07, 6.45) is 1.03. The second kappa shape index (κ2) is 10.3. The highest BCUT2D eigenvalue weighted by Crippen LogP contribution is 2.33. The Morgan fingerprint density at radius 3 is 2.86 bits per heavy atom. The highest BCUT2D eigenvalue weighted by Gasteiger charge is 2.22. The third-order valence-corrected chi connectivity index (χ3v) is 6.70. The molecule has 0 saturated carbocycles. The van der Waals surface area contributed by atoms with Gasteiger partial charge in [-0.15, -0.1) is 11.8 Å². The van der Waals surface area contributed by atoms with Gasteiger partial charge < -0.3 is 9.64 Å². The van der Waals surface area contributed by atoms with Gasteiger partial charge in [-0.05, 0) is 37.6 Å². The van der Waals surface area contributed by atoms with Gasteiger partial charge in [-0.25, -0.2) is 0 Å². The van der Waals surface area contributed by atoms with Gasteiger partial charge in [0.05, 0.1) is 7.11 Å². The zero-order valence-corrected chi connectivity index (χ0v) is 19.6. The molecule has 0 saturated heterocycles. The molecular weight excluding hydrogens is 448 g/mol. The number of carbonyl (C=O) groups excluding carboxylic acids is 1. The fourth-order valence-electron chi connectivity index (χ4n) is 3.34. The number of amidine groups is 1. The largest absolute Gasteiger partial charge is 0.496 e. The topological polar surface area (TPSA) is 41.9 Å². The first kappa shape index (κ1) is 21.9. The molecule has 3 rings (SSSR count). The highest BCUT2D eigenvalue weighted by atomic mass is 79.9. The maximum absolute atomic E-state index is 11.8. The molecule has 2 aromatic rings. The minimum Gasteiger partial charge on any atom is -0.496 e. The van der Waals surface area contributed by atoms with E-state index >= 15 is 0 Å². The summed E-state index contributed by atoms with van der Waals surface area (Å²) in [4.78, 5) is 20.1. The molecule has 1 heterocycles. The lowest BCUT2D eigenvalue weighted by molar-refractivity contribution is -0.120. The van der Waals surface area contributed by atoms with Crippen molar-refractivity contribution in [3.8, 4) is 5.75 Å². The fraction of sp³-hybridized carbons (Fsp3) is 0.391. The van der Waals surface area contributed by atoms with Crippen molar-refractivity contribution in [1.29, 1.82) is 0 Å². The van der Waals surface area contributed by atoms with Crippen LogP contribution in [0.2, 0.25) is 0 Å². The number of methoxy groups -OCH3 is 1. The zero-order valence-electron chi connectivity index (χ0n) is 17.2. The molecule has 1 atom stereocenters. The number of aliphatic imine (C=N–C) groups is 1. The molecule has 2 aromatic carbocycles. The maximum atomic E-state index is 11.8. The van der Waals surface area contributed by atoms with Crippen molar-refractivity contribution in [1.82, 2.24) is 4.90 Å². The molecule has 0 bridgehead atoms. The minimum absolute atomic E-state index is 0.00375. The van der Waals surface area contributed by atoms with Crippen LogP contribution in [0.25, 0.3) is 0 Å². The van der Waals surface area contributed by atoms with E-state index in [9.17, 15) is 4.79 Å². The Morgan fingerprint density at radius 1 is 1.31 bits per heavy atom. The summed E-state index contributed by atoms with van der Waals surface area (Å²) in [5.74, 6) is 2.93. The molecule has 154 valence electrons. The molecule has 1 aliphatic heterocycles. The quantitative estimate of drug-likeness (QED) is 0.478. The molecule has 1 aliphatic rings. The van der Waals surface area contributed by atoms with Crippen molar-refractivity contribution in [2.24, 2.45) is 10.9 Å². The molecule has 0 fully saturated rings. The van der Waals surface area contributed by atoms with E-state index in [1.165, 1.54) is 4.90 Å². The molecule has 4 nitrogen and oxygen atoms in total. The van der Waals surface area contributed by atoms with E-state index in [1.54, 1.807) is 25.8 Å². The van der Waals surface area contributed by atoms with Crippen LogP contribution in [0.4, 0.5) is 0 Å². The van der Waals surface area contributed by atoms with Crippen molar-refractivity contribution < 1.29 is 9.53 Å². The lowest BCUT2D eigenvalue weighted by Crippen LogP contribution is -2.40. The van der Waals surface area contributed by atoms with E-state index in [2.05, 4.69) is 51.2 Å². The Hall–Kier alpha value is -1.79. The highest BCUT2D eigenvalue weighted by molar-refractivity contribution is 9.10. The van der Waals surface area contributed by atoms with E-state index in [0.717, 1.165) is 52.4 Å². The van der Waals surface area contributed by atoms with Crippen LogP contribution in [0.5, 0.6) is 5.75 Å². The lowest BCUT2D eigenvalue weighted by Gasteiger charge is -2.32. The summed E-state index contributed by atoms with van der Waals surface area (Å²) in [5.41, 5.74) is 2.29. The van der Waals surface area contributed by atoms with E-state index in [-0.39, 0.29) is 11.7 Å². The number of Topliss-reactive ketones (excluding diaryl/α,β-unsaturated/α-hetero) is 1. The second-order valence-electron chi connectivity index (χ2n) is 7.26. The first-order chi connectivity index (χ1) is 14.0. The van der Waals surface area contributed by atoms with Crippen LogP contribution >= 0.6 is 27.7 Å². The number of hydrogen-bond donors (Lipinski definition) is 0. The van der Waals surface area contributed by atoms with Crippen molar-refractivity contribution >= 4 is 39.3 Å². The van der Waals surface area contributed by atoms with Crippen molar-refractivity contribution in [2.45, 2.75) is 30.9 Å². The Balaban J connectivity index is 1.84. The third-order valence-electron chi connectivity index (χ3n) is 5.09. The van der Waals surface area contributed by atoms with Gasteiger partial charge in [-0.1, -0.05) is 41.1 Å². The zero-order chi connectivity index (χ0) is 20.8. The number of thioether (sulfide) groups is 1. The van der Waals surface area contributed by atoms with Crippen LogP contribution in [0, 0.1) is 5.92 Å². The van der Waals surface area contributed by atoms with Crippen molar-refractivity contribution in [3.63, 3.8) is 0 Å². The lowest BCUT2D eigenvalue weighted by atomic mass is 10.1. The number of nitrogens with zero attached hydrogens (tertiary/aromatic N) is 2. The molecule has 0 amide bonds. The molecule has 0 aromatic heterocycles. The van der Waals surface area contributed by atoms with E-state index < -0.39 is 0 Å². The normalized spacial score (nSPS) is 15.0. The Bertz CT molecular complexity index is 900. The molecule has 29 heavy (non-hydrogen) atoms. The molecule has 0 N–H and O–H groups in total. The average molecular weight is 475 g/mol. The van der Waals surface area contributed by atoms with Gasteiger partial charge in [-0.3, -0.25) is 9.79 Å². The van der Waals surface area contributed by atoms with Crippen molar-refractivity contribution in [2.75, 3.05) is 26.7 Å². The van der Waals surface area contributed by atoms with Gasteiger partial charge in [0.15, 0.2) is 0 Å². The van der Waals surface area contributed by atoms with Crippen LogP contribution in [0.1, 0.15) is 31.4 Å². The minimum atomic E-state index is 0.00375. The summed E-state index contributed by atoms with van der Waals surface area (Å²) >= 11 is 5.34. The van der Waals surface area contributed by atoms with E-state index in [0.29, 0.717) is 6.54 Å². The fourth-order valence-corrected chi connectivity index (χ4v) is 4.77. The monoisotopic (exact) mass is 474 g/mol. The Morgan fingerprint density at radius 2 is 2.10 bits per heavy atom. The van der Waals surface area contributed by atoms with Gasteiger partial charge in [0.25, 0.3) is 0 Å². The third kappa shape index (κ3) is 5.64. The van der Waals surface area contributed by atoms with Gasteiger partial charge in [-0.2, -0.15) is 0 Å². The molecule has 0 aliphatic carbocycles. The molecule has 6 heteroatoms. The number of benzene rings is 2. The van der Waals surface area contributed by atoms with Crippen molar-refractivity contribution in [3.05, 3.63) is 58.1 Å². The second-order valence-corrected chi connectivity index (χ2v) is 9.19. The standard InChI is InChI=1S/C23H27BrN2O2S/c1-16(17(2)27)14-26-12-6-11-25-23(26)20-7-4-5-8-22(20)29-15-18-13-19(24)9-10-21(18)28-3/h4-5,7-10,13,16H,6,11-12,14-15H2,1-3H3. The SMILES string of the molecule is COc1ccc(Br)cc1CSc1ccccc1C1=NCCCN1CC(C)C(C)=O. The molecule has 0 radical (unpaired) electrons. The number of hydrogen-bond acceptors (Lipinski definition) is 5. The average Bonchev–Trinajstić information content (AvgIpc) is 2.73. The predicted octanol–water partition coefficient (Wildman–Crippen LogP) is 5.43. The van der Waals surface area contributed by atoms with Crippen LogP contribution in [-0.4, -0.2) is 43.3 Å². The summed E-state index contributed by atoms with van der Waals surface area (Å²) in [7, 11) is 1.70. The summed E-state index contributed by atoms with van der Waals surface area (Å²) in [5, 5.41) is 0.